The Morgan fingerprint density at radius 3 is 2.27 bits per heavy atom. The van der Waals surface area contributed by atoms with Crippen molar-refractivity contribution in [3.05, 3.63) is 59.1 Å². The standard InChI is InChI=1S/C16H15ClN2O3/c1-18-16(21)11-2-6-13(7-3-11)19-15(20)10-22-14-8-4-12(17)5-9-14/h2-9H,10H2,1H3,(H,18,21)(H,19,20). The topological polar surface area (TPSA) is 67.4 Å². The second kappa shape index (κ2) is 7.47. The molecule has 2 amide bonds. The second-order valence-corrected chi connectivity index (χ2v) is 4.88. The molecule has 0 unspecified atom stereocenters. The zero-order chi connectivity index (χ0) is 15.9. The van der Waals surface area contributed by atoms with Crippen molar-refractivity contribution in [1.82, 2.24) is 5.32 Å². The quantitative estimate of drug-likeness (QED) is 0.890. The molecule has 5 nitrogen and oxygen atoms in total. The molecule has 2 aromatic carbocycles. The number of carbonyl (C=O) groups is 2. The number of benzene rings is 2. The number of hydrogen-bond acceptors (Lipinski definition) is 3. The minimum Gasteiger partial charge on any atom is -0.484 e. The Balaban J connectivity index is 1.86. The van der Waals surface area contributed by atoms with Gasteiger partial charge in [0.2, 0.25) is 0 Å². The van der Waals surface area contributed by atoms with Gasteiger partial charge in [-0.3, -0.25) is 9.59 Å². The van der Waals surface area contributed by atoms with Crippen LogP contribution in [-0.2, 0) is 4.79 Å². The summed E-state index contributed by atoms with van der Waals surface area (Å²) >= 11 is 5.76. The van der Waals surface area contributed by atoms with Crippen LogP contribution in [0.5, 0.6) is 5.75 Å². The first-order chi connectivity index (χ1) is 10.6. The van der Waals surface area contributed by atoms with Crippen molar-refractivity contribution in [3.8, 4) is 5.75 Å². The van der Waals surface area contributed by atoms with Crippen molar-refractivity contribution in [2.75, 3.05) is 19.0 Å². The molecule has 0 saturated heterocycles. The molecule has 0 saturated carbocycles. The predicted octanol–water partition coefficient (Wildman–Crippen LogP) is 2.72. The van der Waals surface area contributed by atoms with Gasteiger partial charge in [0.1, 0.15) is 5.75 Å². The van der Waals surface area contributed by atoms with Crippen LogP contribution in [0.2, 0.25) is 5.02 Å². The minimum absolute atomic E-state index is 0.112. The van der Waals surface area contributed by atoms with Gasteiger partial charge >= 0.3 is 0 Å². The van der Waals surface area contributed by atoms with E-state index in [1.807, 2.05) is 0 Å². The van der Waals surface area contributed by atoms with Crippen molar-refractivity contribution >= 4 is 29.1 Å². The highest BCUT2D eigenvalue weighted by Gasteiger charge is 2.06. The van der Waals surface area contributed by atoms with Gasteiger partial charge in [-0.1, -0.05) is 11.6 Å². The number of amides is 2. The average molecular weight is 319 g/mol. The predicted molar refractivity (Wildman–Crippen MR) is 85.4 cm³/mol. The minimum atomic E-state index is -0.289. The molecule has 2 rings (SSSR count). The molecule has 0 aliphatic rings. The summed E-state index contributed by atoms with van der Waals surface area (Å²) in [6, 6.07) is 13.3. The van der Waals surface area contributed by atoms with Gasteiger partial charge < -0.3 is 15.4 Å². The van der Waals surface area contributed by atoms with Crippen molar-refractivity contribution in [3.63, 3.8) is 0 Å². The Labute approximate surface area is 133 Å². The van der Waals surface area contributed by atoms with Gasteiger partial charge in [0.05, 0.1) is 0 Å². The molecule has 0 heterocycles. The Hall–Kier alpha value is -2.53. The summed E-state index contributed by atoms with van der Waals surface area (Å²) in [6.07, 6.45) is 0. The lowest BCUT2D eigenvalue weighted by Gasteiger charge is -2.08. The van der Waals surface area contributed by atoms with Crippen molar-refractivity contribution < 1.29 is 14.3 Å². The molecule has 114 valence electrons. The molecule has 0 aliphatic carbocycles. The van der Waals surface area contributed by atoms with E-state index < -0.39 is 0 Å². The largest absolute Gasteiger partial charge is 0.484 e. The van der Waals surface area contributed by atoms with E-state index in [1.165, 1.54) is 0 Å². The van der Waals surface area contributed by atoms with Crippen LogP contribution in [0.3, 0.4) is 0 Å². The molecule has 0 bridgehead atoms. The molecule has 0 atom stereocenters. The van der Waals surface area contributed by atoms with Crippen LogP contribution in [0.15, 0.2) is 48.5 Å². The highest BCUT2D eigenvalue weighted by atomic mass is 35.5. The third-order valence-electron chi connectivity index (χ3n) is 2.84. The Kier molecular flexibility index (Phi) is 5.38. The molecule has 0 fully saturated rings. The van der Waals surface area contributed by atoms with Crippen LogP contribution < -0.4 is 15.4 Å². The summed E-state index contributed by atoms with van der Waals surface area (Å²) in [4.78, 5) is 23.2. The summed E-state index contributed by atoms with van der Waals surface area (Å²) in [6.45, 7) is -0.112. The van der Waals surface area contributed by atoms with E-state index in [-0.39, 0.29) is 18.4 Å². The first-order valence-corrected chi connectivity index (χ1v) is 6.96. The molecule has 2 N–H and O–H groups in total. The average Bonchev–Trinajstić information content (AvgIpc) is 2.54. The Bertz CT molecular complexity index is 654. The normalized spacial score (nSPS) is 9.91. The lowest BCUT2D eigenvalue weighted by Crippen LogP contribution is -2.20. The van der Waals surface area contributed by atoms with E-state index in [4.69, 9.17) is 16.3 Å². The maximum Gasteiger partial charge on any atom is 0.262 e. The number of ether oxygens (including phenoxy) is 1. The van der Waals surface area contributed by atoms with Crippen molar-refractivity contribution in [2.24, 2.45) is 0 Å². The molecule has 0 radical (unpaired) electrons. The van der Waals surface area contributed by atoms with Crippen molar-refractivity contribution in [1.29, 1.82) is 0 Å². The Morgan fingerprint density at radius 2 is 1.68 bits per heavy atom. The number of carbonyl (C=O) groups excluding carboxylic acids is 2. The molecule has 6 heteroatoms. The highest BCUT2D eigenvalue weighted by Crippen LogP contribution is 2.15. The molecule has 0 aliphatic heterocycles. The van der Waals surface area contributed by atoms with E-state index in [2.05, 4.69) is 10.6 Å². The molecule has 0 spiro atoms. The molecular weight excluding hydrogens is 304 g/mol. The van der Waals surface area contributed by atoms with Crippen LogP contribution in [0.1, 0.15) is 10.4 Å². The number of rotatable bonds is 5. The molecule has 0 aromatic heterocycles. The van der Waals surface area contributed by atoms with Crippen LogP contribution >= 0.6 is 11.6 Å². The van der Waals surface area contributed by atoms with E-state index >= 15 is 0 Å². The highest BCUT2D eigenvalue weighted by molar-refractivity contribution is 6.30. The maximum atomic E-state index is 11.8. The lowest BCUT2D eigenvalue weighted by atomic mass is 10.2. The van der Waals surface area contributed by atoms with E-state index in [1.54, 1.807) is 55.6 Å². The zero-order valence-corrected chi connectivity index (χ0v) is 12.7. The summed E-state index contributed by atoms with van der Waals surface area (Å²) in [7, 11) is 1.56. The van der Waals surface area contributed by atoms with Gasteiger partial charge in [0, 0.05) is 23.3 Å². The number of nitrogens with one attached hydrogen (secondary N) is 2. The summed E-state index contributed by atoms with van der Waals surface area (Å²) in [5, 5.41) is 5.82. The Morgan fingerprint density at radius 1 is 1.05 bits per heavy atom. The second-order valence-electron chi connectivity index (χ2n) is 4.45. The van der Waals surface area contributed by atoms with Gasteiger partial charge in [-0.25, -0.2) is 0 Å². The third-order valence-corrected chi connectivity index (χ3v) is 3.09. The van der Waals surface area contributed by atoms with E-state index in [0.29, 0.717) is 22.0 Å². The summed E-state index contributed by atoms with van der Waals surface area (Å²) in [5.74, 6) is 0.0982. The molecular formula is C16H15ClN2O3. The van der Waals surface area contributed by atoms with Crippen LogP contribution in [0.4, 0.5) is 5.69 Å². The first-order valence-electron chi connectivity index (χ1n) is 6.59. The SMILES string of the molecule is CNC(=O)c1ccc(NC(=O)COc2ccc(Cl)cc2)cc1. The number of halogens is 1. The fraction of sp³-hybridized carbons (Fsp3) is 0.125. The van der Waals surface area contributed by atoms with Crippen LogP contribution in [-0.4, -0.2) is 25.5 Å². The fourth-order valence-electron chi connectivity index (χ4n) is 1.73. The monoisotopic (exact) mass is 318 g/mol. The van der Waals surface area contributed by atoms with Crippen LogP contribution in [0, 0.1) is 0 Å². The lowest BCUT2D eigenvalue weighted by molar-refractivity contribution is -0.118. The fourth-order valence-corrected chi connectivity index (χ4v) is 1.85. The van der Waals surface area contributed by atoms with Crippen LogP contribution in [0.25, 0.3) is 0 Å². The van der Waals surface area contributed by atoms with Gasteiger partial charge in [0.25, 0.3) is 11.8 Å². The van der Waals surface area contributed by atoms with Gasteiger partial charge in [-0.05, 0) is 48.5 Å². The smallest absolute Gasteiger partial charge is 0.262 e. The molecule has 22 heavy (non-hydrogen) atoms. The number of hydrogen-bond donors (Lipinski definition) is 2. The number of anilines is 1. The van der Waals surface area contributed by atoms with Gasteiger partial charge in [-0.15, -0.1) is 0 Å². The van der Waals surface area contributed by atoms with E-state index in [0.717, 1.165) is 0 Å². The zero-order valence-electron chi connectivity index (χ0n) is 11.9. The van der Waals surface area contributed by atoms with Gasteiger partial charge in [0.15, 0.2) is 6.61 Å². The first kappa shape index (κ1) is 15.9. The molecule has 2 aromatic rings. The van der Waals surface area contributed by atoms with E-state index in [9.17, 15) is 9.59 Å². The maximum absolute atomic E-state index is 11.8. The van der Waals surface area contributed by atoms with Crippen molar-refractivity contribution in [2.45, 2.75) is 0 Å². The summed E-state index contributed by atoms with van der Waals surface area (Å²) < 4.78 is 5.34. The van der Waals surface area contributed by atoms with Gasteiger partial charge in [-0.2, -0.15) is 0 Å². The third kappa shape index (κ3) is 4.49. The summed E-state index contributed by atoms with van der Waals surface area (Å²) in [5.41, 5.74) is 1.12.